The summed E-state index contributed by atoms with van der Waals surface area (Å²) in [6, 6.07) is 3.11. The second kappa shape index (κ2) is 4.66. The topological polar surface area (TPSA) is 46.2 Å². The Labute approximate surface area is 108 Å². The molecule has 1 aliphatic rings. The van der Waals surface area contributed by atoms with Crippen LogP contribution in [0.1, 0.15) is 24.4 Å². The third-order valence-electron chi connectivity index (χ3n) is 2.85. The zero-order valence-corrected chi connectivity index (χ0v) is 11.7. The fourth-order valence-electron chi connectivity index (χ4n) is 2.10. The largest absolute Gasteiger partial charge is 0.310 e. The van der Waals surface area contributed by atoms with Crippen LogP contribution in [0, 0.1) is 5.82 Å². The van der Waals surface area contributed by atoms with E-state index in [0.29, 0.717) is 4.47 Å². The Morgan fingerprint density at radius 3 is 2.65 bits per heavy atom. The van der Waals surface area contributed by atoms with E-state index < -0.39 is 15.7 Å². The van der Waals surface area contributed by atoms with Crippen molar-refractivity contribution in [2.45, 2.75) is 23.8 Å². The van der Waals surface area contributed by atoms with Gasteiger partial charge in [-0.15, -0.1) is 0 Å². The van der Waals surface area contributed by atoms with Crippen molar-refractivity contribution in [1.82, 2.24) is 5.32 Å². The molecule has 0 spiro atoms. The molecule has 1 atom stereocenters. The number of sulfone groups is 1. The van der Waals surface area contributed by atoms with Gasteiger partial charge in [-0.3, -0.25) is 0 Å². The third kappa shape index (κ3) is 2.69. The highest BCUT2D eigenvalue weighted by atomic mass is 79.9. The van der Waals surface area contributed by atoms with E-state index in [1.54, 1.807) is 6.07 Å². The summed E-state index contributed by atoms with van der Waals surface area (Å²) >= 11 is 3.13. The van der Waals surface area contributed by atoms with Crippen LogP contribution in [0.2, 0.25) is 0 Å². The van der Waals surface area contributed by atoms with Crippen LogP contribution in [0.3, 0.4) is 0 Å². The standard InChI is InChI=1S/C11H13BrFNO2S/c1-17(15,16)11-8(12)5-7(6-9(11)13)10-3-2-4-14-10/h5-6,10,14H,2-4H2,1H3. The monoisotopic (exact) mass is 321 g/mol. The maximum Gasteiger partial charge on any atom is 0.179 e. The molecule has 0 aromatic heterocycles. The zero-order chi connectivity index (χ0) is 12.6. The second-order valence-corrected chi connectivity index (χ2v) is 7.04. The van der Waals surface area contributed by atoms with Gasteiger partial charge in [0.1, 0.15) is 10.7 Å². The average molecular weight is 322 g/mol. The summed E-state index contributed by atoms with van der Waals surface area (Å²) in [5.41, 5.74) is 0.791. The first kappa shape index (κ1) is 13.0. The molecule has 1 unspecified atom stereocenters. The van der Waals surface area contributed by atoms with Gasteiger partial charge in [0.05, 0.1) is 0 Å². The first-order valence-corrected chi connectivity index (χ1v) is 8.00. The molecule has 1 aromatic carbocycles. The molecule has 3 nitrogen and oxygen atoms in total. The van der Waals surface area contributed by atoms with Crippen LogP contribution in [0.15, 0.2) is 21.5 Å². The lowest BCUT2D eigenvalue weighted by molar-refractivity contribution is 0.561. The average Bonchev–Trinajstić information content (AvgIpc) is 2.66. The Morgan fingerprint density at radius 2 is 2.18 bits per heavy atom. The lowest BCUT2D eigenvalue weighted by Crippen LogP contribution is -2.14. The Morgan fingerprint density at radius 1 is 1.47 bits per heavy atom. The van der Waals surface area contributed by atoms with Crippen LogP contribution in [0.5, 0.6) is 0 Å². The highest BCUT2D eigenvalue weighted by Crippen LogP contribution is 2.31. The summed E-state index contributed by atoms with van der Waals surface area (Å²) in [4.78, 5) is -0.265. The lowest BCUT2D eigenvalue weighted by Gasteiger charge is -2.13. The number of rotatable bonds is 2. The predicted octanol–water partition coefficient (Wildman–Crippen LogP) is 2.42. The maximum atomic E-state index is 13.8. The van der Waals surface area contributed by atoms with Crippen LogP contribution in [0.25, 0.3) is 0 Å². The number of halogens is 2. The van der Waals surface area contributed by atoms with Crippen molar-refractivity contribution in [3.05, 3.63) is 28.0 Å². The SMILES string of the molecule is CS(=O)(=O)c1c(F)cc(C2CCCN2)cc1Br. The minimum atomic E-state index is -3.55. The van der Waals surface area contributed by atoms with Crippen LogP contribution in [-0.4, -0.2) is 21.2 Å². The predicted molar refractivity (Wildman–Crippen MR) is 67.2 cm³/mol. The first-order chi connectivity index (χ1) is 7.89. The van der Waals surface area contributed by atoms with Crippen molar-refractivity contribution < 1.29 is 12.8 Å². The molecular formula is C11H13BrFNO2S. The third-order valence-corrected chi connectivity index (χ3v) is 4.90. The Hall–Kier alpha value is -0.460. The highest BCUT2D eigenvalue weighted by molar-refractivity contribution is 9.10. The van der Waals surface area contributed by atoms with E-state index in [0.717, 1.165) is 31.2 Å². The van der Waals surface area contributed by atoms with E-state index in [1.807, 2.05) is 0 Å². The van der Waals surface area contributed by atoms with Crippen LogP contribution in [0.4, 0.5) is 4.39 Å². The molecule has 2 rings (SSSR count). The van der Waals surface area contributed by atoms with Gasteiger partial charge in [-0.05, 0) is 53.0 Å². The molecule has 1 aromatic rings. The van der Waals surface area contributed by atoms with Crippen LogP contribution in [-0.2, 0) is 9.84 Å². The van der Waals surface area contributed by atoms with Crippen molar-refractivity contribution in [2.24, 2.45) is 0 Å². The molecule has 1 saturated heterocycles. The van der Waals surface area contributed by atoms with E-state index in [1.165, 1.54) is 6.07 Å². The minimum Gasteiger partial charge on any atom is -0.310 e. The Balaban J connectivity index is 2.48. The summed E-state index contributed by atoms with van der Waals surface area (Å²) < 4.78 is 37.0. The molecule has 1 N–H and O–H groups in total. The van der Waals surface area contributed by atoms with E-state index in [-0.39, 0.29) is 10.9 Å². The number of benzene rings is 1. The molecule has 0 radical (unpaired) electrons. The number of hydrogen-bond donors (Lipinski definition) is 1. The smallest absolute Gasteiger partial charge is 0.179 e. The molecular weight excluding hydrogens is 309 g/mol. The van der Waals surface area contributed by atoms with Crippen LogP contribution < -0.4 is 5.32 Å². The van der Waals surface area contributed by atoms with Crippen molar-refractivity contribution in [3.63, 3.8) is 0 Å². The van der Waals surface area contributed by atoms with Crippen molar-refractivity contribution >= 4 is 25.8 Å². The fraction of sp³-hybridized carbons (Fsp3) is 0.455. The van der Waals surface area contributed by atoms with Crippen LogP contribution >= 0.6 is 15.9 Å². The van der Waals surface area contributed by atoms with E-state index in [4.69, 9.17) is 0 Å². The zero-order valence-electron chi connectivity index (χ0n) is 9.33. The summed E-state index contributed by atoms with van der Waals surface area (Å²) in [7, 11) is -3.55. The molecule has 17 heavy (non-hydrogen) atoms. The lowest BCUT2D eigenvalue weighted by atomic mass is 10.1. The fourth-order valence-corrected chi connectivity index (χ4v) is 4.27. The Bertz CT molecular complexity index is 515. The summed E-state index contributed by atoms with van der Waals surface area (Å²) in [6.07, 6.45) is 3.01. The van der Waals surface area contributed by atoms with Gasteiger partial charge < -0.3 is 5.32 Å². The summed E-state index contributed by atoms with van der Waals surface area (Å²) in [6.45, 7) is 0.914. The van der Waals surface area contributed by atoms with Crippen molar-refractivity contribution in [2.75, 3.05) is 12.8 Å². The van der Waals surface area contributed by atoms with E-state index in [9.17, 15) is 12.8 Å². The highest BCUT2D eigenvalue weighted by Gasteiger charge is 2.23. The molecule has 0 aliphatic carbocycles. The molecule has 1 aliphatic heterocycles. The minimum absolute atomic E-state index is 0.120. The molecule has 0 saturated carbocycles. The quantitative estimate of drug-likeness (QED) is 0.910. The molecule has 0 bridgehead atoms. The molecule has 6 heteroatoms. The first-order valence-electron chi connectivity index (χ1n) is 5.32. The van der Waals surface area contributed by atoms with Crippen molar-refractivity contribution in [3.8, 4) is 0 Å². The van der Waals surface area contributed by atoms with Gasteiger partial charge >= 0.3 is 0 Å². The van der Waals surface area contributed by atoms with Gasteiger partial charge in [-0.25, -0.2) is 12.8 Å². The molecule has 94 valence electrons. The van der Waals surface area contributed by atoms with E-state index >= 15 is 0 Å². The normalized spacial score (nSPS) is 20.8. The van der Waals surface area contributed by atoms with E-state index in [2.05, 4.69) is 21.2 Å². The molecule has 1 fully saturated rings. The summed E-state index contributed by atoms with van der Waals surface area (Å²) in [5.74, 6) is -0.689. The van der Waals surface area contributed by atoms with Gasteiger partial charge in [0.15, 0.2) is 9.84 Å². The molecule has 1 heterocycles. The Kier molecular flexibility index (Phi) is 3.56. The van der Waals surface area contributed by atoms with Gasteiger partial charge in [0.25, 0.3) is 0 Å². The van der Waals surface area contributed by atoms with Gasteiger partial charge in [-0.1, -0.05) is 0 Å². The van der Waals surface area contributed by atoms with Gasteiger partial charge in [0, 0.05) is 16.8 Å². The van der Waals surface area contributed by atoms with Crippen molar-refractivity contribution in [1.29, 1.82) is 0 Å². The summed E-state index contributed by atoms with van der Waals surface area (Å²) in [5, 5.41) is 3.25. The van der Waals surface area contributed by atoms with Gasteiger partial charge in [0.2, 0.25) is 0 Å². The van der Waals surface area contributed by atoms with Gasteiger partial charge in [-0.2, -0.15) is 0 Å². The maximum absolute atomic E-state index is 13.8. The molecule has 0 amide bonds. The number of nitrogens with one attached hydrogen (secondary N) is 1. The second-order valence-electron chi connectivity index (χ2n) is 4.23. The number of hydrogen-bond acceptors (Lipinski definition) is 3.